The standard InChI is InChI=1S/C16H23N3O6S/c1-11(2)18-14(20)10-25-15(21)9-17-16(22)12-6-5-7-13(8-12)26(23,24)19(3)4/h5-8,11H,9-10H2,1-4H3,(H,17,22)(H,18,20). The number of amides is 2. The number of rotatable bonds is 8. The molecule has 0 aliphatic rings. The maximum Gasteiger partial charge on any atom is 0.325 e. The van der Waals surface area contributed by atoms with Gasteiger partial charge in [0.2, 0.25) is 10.0 Å². The third-order valence-corrected chi connectivity index (χ3v) is 4.89. The number of nitrogens with one attached hydrogen (secondary N) is 2. The largest absolute Gasteiger partial charge is 0.454 e. The first-order valence-electron chi connectivity index (χ1n) is 7.80. The number of hydrogen-bond donors (Lipinski definition) is 2. The quantitative estimate of drug-likeness (QED) is 0.594. The van der Waals surface area contributed by atoms with Crippen molar-refractivity contribution < 1.29 is 27.5 Å². The van der Waals surface area contributed by atoms with E-state index < -0.39 is 41.0 Å². The van der Waals surface area contributed by atoms with Gasteiger partial charge in [-0.1, -0.05) is 6.07 Å². The summed E-state index contributed by atoms with van der Waals surface area (Å²) in [6.45, 7) is 2.65. The molecule has 26 heavy (non-hydrogen) atoms. The van der Waals surface area contributed by atoms with Crippen molar-refractivity contribution >= 4 is 27.8 Å². The molecule has 0 bridgehead atoms. The molecule has 1 aromatic rings. The van der Waals surface area contributed by atoms with Crippen LogP contribution in [0, 0.1) is 0 Å². The fourth-order valence-electron chi connectivity index (χ4n) is 1.82. The summed E-state index contributed by atoms with van der Waals surface area (Å²) in [5.41, 5.74) is 0.0817. The van der Waals surface area contributed by atoms with E-state index in [1.165, 1.54) is 38.4 Å². The number of sulfonamides is 1. The normalized spacial score (nSPS) is 11.3. The highest BCUT2D eigenvalue weighted by Gasteiger charge is 2.19. The zero-order chi connectivity index (χ0) is 19.9. The number of benzene rings is 1. The molecule has 144 valence electrons. The van der Waals surface area contributed by atoms with Crippen LogP contribution in [0.4, 0.5) is 0 Å². The van der Waals surface area contributed by atoms with Crippen LogP contribution in [-0.4, -0.2) is 63.8 Å². The van der Waals surface area contributed by atoms with Gasteiger partial charge in [-0.2, -0.15) is 0 Å². The van der Waals surface area contributed by atoms with Gasteiger partial charge < -0.3 is 15.4 Å². The van der Waals surface area contributed by atoms with Crippen LogP contribution in [0.3, 0.4) is 0 Å². The lowest BCUT2D eigenvalue weighted by Crippen LogP contribution is -2.36. The van der Waals surface area contributed by atoms with Gasteiger partial charge in [-0.15, -0.1) is 0 Å². The van der Waals surface area contributed by atoms with E-state index >= 15 is 0 Å². The predicted octanol–water partition coefficient (Wildman–Crippen LogP) is -0.265. The summed E-state index contributed by atoms with van der Waals surface area (Å²) in [4.78, 5) is 35.0. The molecule has 1 aromatic carbocycles. The molecule has 2 amide bonds. The van der Waals surface area contributed by atoms with E-state index in [1.807, 2.05) is 0 Å². The van der Waals surface area contributed by atoms with Gasteiger partial charge in [0.25, 0.3) is 11.8 Å². The minimum atomic E-state index is -3.68. The number of carbonyl (C=O) groups excluding carboxylic acids is 3. The van der Waals surface area contributed by atoms with Gasteiger partial charge in [0.15, 0.2) is 6.61 Å². The van der Waals surface area contributed by atoms with Crippen molar-refractivity contribution in [2.75, 3.05) is 27.2 Å². The van der Waals surface area contributed by atoms with E-state index in [0.29, 0.717) is 0 Å². The van der Waals surface area contributed by atoms with Crippen LogP contribution in [0.2, 0.25) is 0 Å². The number of carbonyl (C=O) groups is 3. The molecule has 1 rings (SSSR count). The molecule has 0 spiro atoms. The minimum Gasteiger partial charge on any atom is -0.454 e. The first-order valence-corrected chi connectivity index (χ1v) is 9.24. The smallest absolute Gasteiger partial charge is 0.325 e. The second-order valence-corrected chi connectivity index (χ2v) is 8.03. The van der Waals surface area contributed by atoms with Crippen molar-refractivity contribution in [2.45, 2.75) is 24.8 Å². The highest BCUT2D eigenvalue weighted by molar-refractivity contribution is 7.89. The van der Waals surface area contributed by atoms with Gasteiger partial charge in [-0.25, -0.2) is 12.7 Å². The van der Waals surface area contributed by atoms with Gasteiger partial charge in [-0.05, 0) is 32.0 Å². The number of nitrogens with zero attached hydrogens (tertiary/aromatic N) is 1. The third-order valence-electron chi connectivity index (χ3n) is 3.08. The Morgan fingerprint density at radius 3 is 2.42 bits per heavy atom. The van der Waals surface area contributed by atoms with E-state index in [0.717, 1.165) is 4.31 Å². The van der Waals surface area contributed by atoms with Crippen molar-refractivity contribution in [2.24, 2.45) is 0 Å². The zero-order valence-electron chi connectivity index (χ0n) is 15.1. The molecule has 0 heterocycles. The van der Waals surface area contributed by atoms with Gasteiger partial charge >= 0.3 is 5.97 Å². The molecule has 0 radical (unpaired) electrons. The van der Waals surface area contributed by atoms with Crippen LogP contribution in [0.5, 0.6) is 0 Å². The Balaban J connectivity index is 2.61. The summed E-state index contributed by atoms with van der Waals surface area (Å²) in [5.74, 6) is -1.86. The molecule has 9 nitrogen and oxygen atoms in total. The monoisotopic (exact) mass is 385 g/mol. The highest BCUT2D eigenvalue weighted by Crippen LogP contribution is 2.14. The topological polar surface area (TPSA) is 122 Å². The predicted molar refractivity (Wildman–Crippen MR) is 93.9 cm³/mol. The second kappa shape index (κ2) is 9.30. The number of hydrogen-bond acceptors (Lipinski definition) is 6. The van der Waals surface area contributed by atoms with Crippen molar-refractivity contribution in [3.8, 4) is 0 Å². The summed E-state index contributed by atoms with van der Waals surface area (Å²) < 4.78 is 29.9. The third kappa shape index (κ3) is 6.45. The van der Waals surface area contributed by atoms with Crippen LogP contribution in [0.15, 0.2) is 29.2 Å². The lowest BCUT2D eigenvalue weighted by Gasteiger charge is -2.12. The van der Waals surface area contributed by atoms with E-state index in [-0.39, 0.29) is 16.5 Å². The van der Waals surface area contributed by atoms with Crippen molar-refractivity contribution in [1.82, 2.24) is 14.9 Å². The molecule has 0 aromatic heterocycles. The van der Waals surface area contributed by atoms with Crippen molar-refractivity contribution in [3.63, 3.8) is 0 Å². The summed E-state index contributed by atoms with van der Waals surface area (Å²) in [6, 6.07) is 5.36. The summed E-state index contributed by atoms with van der Waals surface area (Å²) in [5, 5.41) is 4.87. The van der Waals surface area contributed by atoms with Gasteiger partial charge in [0.1, 0.15) is 6.54 Å². The maximum absolute atomic E-state index is 12.1. The van der Waals surface area contributed by atoms with Gasteiger partial charge in [-0.3, -0.25) is 14.4 Å². The fraction of sp³-hybridized carbons (Fsp3) is 0.438. The molecule has 0 fully saturated rings. The van der Waals surface area contributed by atoms with Crippen LogP contribution in [0.1, 0.15) is 24.2 Å². The first-order chi connectivity index (χ1) is 12.0. The van der Waals surface area contributed by atoms with Crippen LogP contribution in [-0.2, 0) is 24.3 Å². The van der Waals surface area contributed by atoms with Crippen molar-refractivity contribution in [1.29, 1.82) is 0 Å². The SMILES string of the molecule is CC(C)NC(=O)COC(=O)CNC(=O)c1cccc(S(=O)(=O)N(C)C)c1. The molecular weight excluding hydrogens is 362 g/mol. The minimum absolute atomic E-state index is 0.0388. The summed E-state index contributed by atoms with van der Waals surface area (Å²) in [6.07, 6.45) is 0. The highest BCUT2D eigenvalue weighted by atomic mass is 32.2. The average Bonchev–Trinajstić information content (AvgIpc) is 2.57. The molecular formula is C16H23N3O6S. The molecule has 0 atom stereocenters. The lowest BCUT2D eigenvalue weighted by atomic mass is 10.2. The first kappa shape index (κ1) is 21.6. The van der Waals surface area contributed by atoms with Crippen LogP contribution >= 0.6 is 0 Å². The molecule has 0 saturated heterocycles. The molecule has 10 heteroatoms. The molecule has 0 unspecified atom stereocenters. The fourth-order valence-corrected chi connectivity index (χ4v) is 2.77. The maximum atomic E-state index is 12.1. The number of esters is 1. The van der Waals surface area contributed by atoms with Crippen LogP contribution < -0.4 is 10.6 Å². The van der Waals surface area contributed by atoms with Gasteiger partial charge in [0.05, 0.1) is 4.90 Å². The Labute approximate surface area is 152 Å². The van der Waals surface area contributed by atoms with Crippen LogP contribution in [0.25, 0.3) is 0 Å². The molecule has 0 aliphatic carbocycles. The summed E-state index contributed by atoms with van der Waals surface area (Å²) >= 11 is 0. The van der Waals surface area contributed by atoms with E-state index in [1.54, 1.807) is 13.8 Å². The van der Waals surface area contributed by atoms with E-state index in [9.17, 15) is 22.8 Å². The van der Waals surface area contributed by atoms with E-state index in [2.05, 4.69) is 10.6 Å². The zero-order valence-corrected chi connectivity index (χ0v) is 15.9. The summed E-state index contributed by atoms with van der Waals surface area (Å²) in [7, 11) is -0.910. The lowest BCUT2D eigenvalue weighted by molar-refractivity contribution is -0.147. The Kier molecular flexibility index (Phi) is 7.72. The molecule has 0 aliphatic heterocycles. The average molecular weight is 385 g/mol. The Morgan fingerprint density at radius 1 is 1.19 bits per heavy atom. The molecule has 2 N–H and O–H groups in total. The van der Waals surface area contributed by atoms with Crippen molar-refractivity contribution in [3.05, 3.63) is 29.8 Å². The Bertz CT molecular complexity index is 774. The molecule has 0 saturated carbocycles. The van der Waals surface area contributed by atoms with Gasteiger partial charge in [0, 0.05) is 25.7 Å². The second-order valence-electron chi connectivity index (χ2n) is 5.88. The Hall–Kier alpha value is -2.46. The van der Waals surface area contributed by atoms with E-state index in [4.69, 9.17) is 4.74 Å². The Morgan fingerprint density at radius 2 is 1.85 bits per heavy atom. The number of ether oxygens (including phenoxy) is 1.